The summed E-state index contributed by atoms with van der Waals surface area (Å²) in [4.78, 5) is 38.7. The molecule has 2 aliphatic heterocycles. The standard InChI is InChI=1S/C19H17Cl2N3O5S.C5H11Cl/c1-7-10(12(23-29-7)11-8(20)5-4-6-9(11)21)15(25)22-13-16(26)24-14(18(27)28)19(2,3)30-17(13)24;1-2-3-4-5-6/h4-6,13-14,17H,1-3H3,(H,22,25)(H,27,28);2-5H2,1H3/t13-,14+,17-;/m1./s1. The smallest absolute Gasteiger partial charge is 0.327 e. The van der Waals surface area contributed by atoms with E-state index in [2.05, 4.69) is 17.4 Å². The van der Waals surface area contributed by atoms with Crippen LogP contribution in [0.1, 0.15) is 56.2 Å². The number of hydrogen-bond donors (Lipinski definition) is 2. The number of hydrogen-bond acceptors (Lipinski definition) is 6. The number of aliphatic carboxylic acids is 1. The molecule has 36 heavy (non-hydrogen) atoms. The maximum Gasteiger partial charge on any atom is 0.327 e. The number of carbonyl (C=O) groups is 3. The second-order valence-electron chi connectivity index (χ2n) is 9.00. The van der Waals surface area contributed by atoms with Crippen molar-refractivity contribution in [2.75, 3.05) is 5.88 Å². The first-order valence-corrected chi connectivity index (χ1v) is 13.6. The molecule has 4 rings (SSSR count). The number of carboxylic acid groups (broad SMARTS) is 1. The van der Waals surface area contributed by atoms with Crippen LogP contribution in [0.5, 0.6) is 0 Å². The van der Waals surface area contributed by atoms with E-state index in [0.29, 0.717) is 15.6 Å². The number of fused-ring (bicyclic) bond motifs is 1. The lowest BCUT2D eigenvalue weighted by molar-refractivity contribution is -0.159. The van der Waals surface area contributed by atoms with E-state index in [4.69, 9.17) is 39.3 Å². The summed E-state index contributed by atoms with van der Waals surface area (Å²) in [6.45, 7) is 7.27. The summed E-state index contributed by atoms with van der Waals surface area (Å²) in [5, 5.41) is 16.3. The highest BCUT2D eigenvalue weighted by atomic mass is 35.5. The number of benzene rings is 1. The third-order valence-electron chi connectivity index (χ3n) is 5.99. The van der Waals surface area contributed by atoms with Crippen molar-refractivity contribution in [2.45, 2.75) is 69.2 Å². The van der Waals surface area contributed by atoms with Crippen LogP contribution in [0.4, 0.5) is 0 Å². The van der Waals surface area contributed by atoms with Gasteiger partial charge in [0.25, 0.3) is 5.91 Å². The van der Waals surface area contributed by atoms with Gasteiger partial charge in [-0.1, -0.05) is 54.2 Å². The lowest BCUT2D eigenvalue weighted by atomic mass is 9.95. The number of amides is 2. The van der Waals surface area contributed by atoms with Gasteiger partial charge in [-0.05, 0) is 39.3 Å². The number of alkyl halides is 1. The molecule has 0 bridgehead atoms. The van der Waals surface area contributed by atoms with Crippen LogP contribution in [-0.4, -0.2) is 61.0 Å². The van der Waals surface area contributed by atoms with Gasteiger partial charge in [0.05, 0.1) is 10.0 Å². The van der Waals surface area contributed by atoms with Crippen LogP contribution >= 0.6 is 46.6 Å². The van der Waals surface area contributed by atoms with Crippen molar-refractivity contribution in [1.29, 1.82) is 0 Å². The minimum Gasteiger partial charge on any atom is -0.480 e. The fourth-order valence-corrected chi connectivity index (χ4v) is 6.63. The van der Waals surface area contributed by atoms with Crippen molar-refractivity contribution >= 4 is 64.3 Å². The average Bonchev–Trinajstić information content (AvgIpc) is 3.31. The number of unbranched alkanes of at least 4 members (excludes halogenated alkanes) is 2. The minimum atomic E-state index is -1.07. The van der Waals surface area contributed by atoms with E-state index in [1.807, 2.05) is 0 Å². The Hall–Kier alpha value is -1.94. The predicted octanol–water partition coefficient (Wildman–Crippen LogP) is 5.62. The lowest BCUT2D eigenvalue weighted by Gasteiger charge is -2.43. The number of aryl methyl sites for hydroxylation is 1. The van der Waals surface area contributed by atoms with Gasteiger partial charge in [-0.3, -0.25) is 9.59 Å². The van der Waals surface area contributed by atoms with Crippen molar-refractivity contribution in [3.05, 3.63) is 39.6 Å². The molecule has 196 valence electrons. The Kier molecular flexibility index (Phi) is 9.25. The quantitative estimate of drug-likeness (QED) is 0.250. The monoisotopic (exact) mass is 575 g/mol. The number of nitrogens with one attached hydrogen (secondary N) is 1. The maximum atomic E-state index is 13.1. The zero-order chi connectivity index (χ0) is 26.8. The molecule has 8 nitrogen and oxygen atoms in total. The van der Waals surface area contributed by atoms with Gasteiger partial charge < -0.3 is 19.8 Å². The summed E-state index contributed by atoms with van der Waals surface area (Å²) >= 11 is 19.2. The summed E-state index contributed by atoms with van der Waals surface area (Å²) in [6, 6.07) is 3.09. The number of β-lactam (4-membered cyclic amide) rings is 1. The highest BCUT2D eigenvalue weighted by molar-refractivity contribution is 8.01. The summed E-state index contributed by atoms with van der Waals surface area (Å²) < 4.78 is 4.52. The molecule has 3 heterocycles. The van der Waals surface area contributed by atoms with Crippen LogP contribution < -0.4 is 5.32 Å². The molecule has 2 saturated heterocycles. The topological polar surface area (TPSA) is 113 Å². The summed E-state index contributed by atoms with van der Waals surface area (Å²) in [5.74, 6) is -1.02. The van der Waals surface area contributed by atoms with Gasteiger partial charge in [0.15, 0.2) is 0 Å². The Balaban J connectivity index is 0.000000538. The van der Waals surface area contributed by atoms with E-state index in [1.165, 1.54) is 35.9 Å². The molecular weight excluding hydrogens is 549 g/mol. The molecule has 0 unspecified atom stereocenters. The van der Waals surface area contributed by atoms with E-state index in [1.54, 1.807) is 39.0 Å². The van der Waals surface area contributed by atoms with Crippen LogP contribution in [0.2, 0.25) is 10.0 Å². The van der Waals surface area contributed by atoms with Crippen molar-refractivity contribution in [3.8, 4) is 11.3 Å². The molecular formula is C24H28Cl3N3O5S. The summed E-state index contributed by atoms with van der Waals surface area (Å²) in [7, 11) is 0. The molecule has 2 N–H and O–H groups in total. The van der Waals surface area contributed by atoms with Crippen molar-refractivity contribution < 1.29 is 24.0 Å². The number of halogens is 3. The van der Waals surface area contributed by atoms with Crippen LogP contribution in [0.25, 0.3) is 11.3 Å². The molecule has 12 heteroatoms. The molecule has 2 amide bonds. The molecule has 1 aromatic heterocycles. The van der Waals surface area contributed by atoms with E-state index in [9.17, 15) is 19.5 Å². The molecule has 0 saturated carbocycles. The van der Waals surface area contributed by atoms with Crippen LogP contribution in [0.3, 0.4) is 0 Å². The zero-order valence-corrected chi connectivity index (χ0v) is 23.4. The fourth-order valence-electron chi connectivity index (χ4n) is 4.24. The number of carboxylic acids is 1. The number of aromatic nitrogens is 1. The highest BCUT2D eigenvalue weighted by Gasteiger charge is 2.64. The first kappa shape index (κ1) is 28.6. The van der Waals surface area contributed by atoms with Crippen LogP contribution in [0, 0.1) is 6.92 Å². The van der Waals surface area contributed by atoms with E-state index in [0.717, 1.165) is 5.88 Å². The van der Waals surface area contributed by atoms with Gasteiger partial charge in [0, 0.05) is 16.2 Å². The molecule has 0 aliphatic carbocycles. The van der Waals surface area contributed by atoms with Gasteiger partial charge in [-0.2, -0.15) is 0 Å². The number of thioether (sulfide) groups is 1. The largest absolute Gasteiger partial charge is 0.480 e. The van der Waals surface area contributed by atoms with Crippen molar-refractivity contribution in [3.63, 3.8) is 0 Å². The van der Waals surface area contributed by atoms with Gasteiger partial charge in [0.1, 0.15) is 34.5 Å². The maximum absolute atomic E-state index is 13.1. The Morgan fingerprint density at radius 2 is 1.89 bits per heavy atom. The summed E-state index contributed by atoms with van der Waals surface area (Å²) in [5.41, 5.74) is 0.645. The second kappa shape index (κ2) is 11.6. The predicted molar refractivity (Wildman–Crippen MR) is 142 cm³/mol. The normalized spacial score (nSPS) is 21.8. The average molecular weight is 577 g/mol. The molecule has 2 aromatic rings. The number of carbonyl (C=O) groups excluding carboxylic acids is 2. The van der Waals surface area contributed by atoms with E-state index in [-0.39, 0.29) is 17.0 Å². The number of nitrogens with zero attached hydrogens (tertiary/aromatic N) is 2. The van der Waals surface area contributed by atoms with Gasteiger partial charge >= 0.3 is 5.97 Å². The first-order chi connectivity index (χ1) is 17.0. The summed E-state index contributed by atoms with van der Waals surface area (Å²) in [6.07, 6.45) is 3.73. The molecule has 0 radical (unpaired) electrons. The molecule has 1 aromatic carbocycles. The van der Waals surface area contributed by atoms with Gasteiger partial charge in [-0.15, -0.1) is 23.4 Å². The van der Waals surface area contributed by atoms with Crippen LogP contribution in [-0.2, 0) is 9.59 Å². The van der Waals surface area contributed by atoms with Gasteiger partial charge in [0.2, 0.25) is 5.91 Å². The van der Waals surface area contributed by atoms with Crippen LogP contribution in [0.15, 0.2) is 22.7 Å². The Morgan fingerprint density at radius 1 is 1.25 bits per heavy atom. The highest BCUT2D eigenvalue weighted by Crippen LogP contribution is 2.51. The van der Waals surface area contributed by atoms with E-state index >= 15 is 0 Å². The molecule has 2 fully saturated rings. The third-order valence-corrected chi connectivity index (χ3v) is 8.46. The Labute approximate surface area is 229 Å². The fraction of sp³-hybridized carbons (Fsp3) is 0.500. The van der Waals surface area contributed by atoms with Crippen molar-refractivity contribution in [1.82, 2.24) is 15.4 Å². The Bertz CT molecular complexity index is 1130. The SMILES string of the molecule is CCCCCCl.Cc1onc(-c2c(Cl)cccc2Cl)c1C(=O)N[C@@H]1C(=O)N2[C@@H]1SC(C)(C)[C@@H]2C(=O)O. The zero-order valence-electron chi connectivity index (χ0n) is 20.3. The molecule has 0 spiro atoms. The van der Waals surface area contributed by atoms with E-state index < -0.39 is 40.0 Å². The molecule has 2 aliphatic rings. The van der Waals surface area contributed by atoms with Crippen molar-refractivity contribution in [2.24, 2.45) is 0 Å². The van der Waals surface area contributed by atoms with Gasteiger partial charge in [-0.25, -0.2) is 4.79 Å². The number of rotatable bonds is 7. The lowest BCUT2D eigenvalue weighted by Crippen LogP contribution is -2.70. The molecule has 3 atom stereocenters. The minimum absolute atomic E-state index is 0.119. The second-order valence-corrected chi connectivity index (χ2v) is 12.0. The third kappa shape index (κ3) is 5.49. The first-order valence-electron chi connectivity index (χ1n) is 11.5. The Morgan fingerprint density at radius 3 is 2.42 bits per heavy atom.